The second-order valence-electron chi connectivity index (χ2n) is 4.43. The first-order valence-electron chi connectivity index (χ1n) is 6.21. The first-order valence-corrected chi connectivity index (χ1v) is 7.82. The predicted octanol–water partition coefficient (Wildman–Crippen LogP) is 0.590. The Morgan fingerprint density at radius 1 is 1.41 bits per heavy atom. The van der Waals surface area contributed by atoms with E-state index in [4.69, 9.17) is 9.84 Å². The van der Waals surface area contributed by atoms with Crippen LogP contribution in [-0.4, -0.2) is 56.5 Å². The molecule has 0 aliphatic carbocycles. The van der Waals surface area contributed by atoms with Crippen LogP contribution in [0.15, 0.2) is 0 Å². The van der Waals surface area contributed by atoms with E-state index in [1.165, 1.54) is 0 Å². The second kappa shape index (κ2) is 7.31. The van der Waals surface area contributed by atoms with Crippen molar-refractivity contribution in [1.29, 1.82) is 0 Å². The quantitative estimate of drug-likeness (QED) is 0.684. The molecule has 102 valence electrons. The maximum atomic E-state index is 12.1. The summed E-state index contributed by atoms with van der Waals surface area (Å²) in [6.07, 6.45) is 3.91. The maximum absolute atomic E-state index is 12.1. The minimum absolute atomic E-state index is 0.0127. The second-order valence-corrected chi connectivity index (χ2v) is 6.48. The van der Waals surface area contributed by atoms with Crippen LogP contribution in [0.1, 0.15) is 32.1 Å². The molecule has 0 spiro atoms. The molecular formula is C11H23NO4S. The number of hydrogen-bond donors (Lipinski definition) is 1. The lowest BCUT2D eigenvalue weighted by molar-refractivity contribution is 0.188. The third kappa shape index (κ3) is 4.54. The average molecular weight is 265 g/mol. The molecule has 1 aliphatic rings. The molecule has 1 heterocycles. The van der Waals surface area contributed by atoms with Crippen molar-refractivity contribution in [1.82, 2.24) is 4.31 Å². The van der Waals surface area contributed by atoms with Gasteiger partial charge in [0, 0.05) is 32.9 Å². The molecule has 1 aliphatic heterocycles. The first kappa shape index (κ1) is 14.9. The van der Waals surface area contributed by atoms with Gasteiger partial charge in [-0.1, -0.05) is 6.42 Å². The summed E-state index contributed by atoms with van der Waals surface area (Å²) in [6, 6.07) is -0.0127. The Morgan fingerprint density at radius 2 is 2.18 bits per heavy atom. The predicted molar refractivity (Wildman–Crippen MR) is 66.3 cm³/mol. The van der Waals surface area contributed by atoms with Gasteiger partial charge in [0.2, 0.25) is 10.0 Å². The molecule has 0 aromatic rings. The van der Waals surface area contributed by atoms with E-state index in [0.29, 0.717) is 26.0 Å². The van der Waals surface area contributed by atoms with Gasteiger partial charge in [0.05, 0.1) is 5.75 Å². The van der Waals surface area contributed by atoms with Gasteiger partial charge < -0.3 is 9.84 Å². The zero-order chi connectivity index (χ0) is 12.7. The number of methoxy groups -OCH3 is 1. The van der Waals surface area contributed by atoms with Gasteiger partial charge >= 0.3 is 0 Å². The number of rotatable bonds is 7. The zero-order valence-electron chi connectivity index (χ0n) is 10.5. The van der Waals surface area contributed by atoms with E-state index in [0.717, 1.165) is 19.3 Å². The third-order valence-corrected chi connectivity index (χ3v) is 5.14. The molecule has 0 saturated carbocycles. The fourth-order valence-corrected chi connectivity index (χ4v) is 4.07. The van der Waals surface area contributed by atoms with Gasteiger partial charge in [0.15, 0.2) is 0 Å². The Kier molecular flexibility index (Phi) is 6.40. The molecule has 1 atom stereocenters. The van der Waals surface area contributed by atoms with E-state index in [1.807, 2.05) is 0 Å². The Balaban J connectivity index is 2.59. The van der Waals surface area contributed by atoms with Crippen LogP contribution in [0.2, 0.25) is 0 Å². The summed E-state index contributed by atoms with van der Waals surface area (Å²) in [5.74, 6) is 0.142. The summed E-state index contributed by atoms with van der Waals surface area (Å²) in [7, 11) is -1.61. The lowest BCUT2D eigenvalue weighted by Crippen LogP contribution is -2.45. The molecule has 6 heteroatoms. The minimum atomic E-state index is -3.18. The van der Waals surface area contributed by atoms with E-state index >= 15 is 0 Å². The van der Waals surface area contributed by atoms with Crippen LogP contribution < -0.4 is 0 Å². The van der Waals surface area contributed by atoms with Crippen LogP contribution in [0, 0.1) is 0 Å². The van der Waals surface area contributed by atoms with Crippen molar-refractivity contribution >= 4 is 10.0 Å². The lowest BCUT2D eigenvalue weighted by Gasteiger charge is -2.34. The van der Waals surface area contributed by atoms with Crippen molar-refractivity contribution in [2.24, 2.45) is 0 Å². The number of piperidine rings is 1. The van der Waals surface area contributed by atoms with Crippen molar-refractivity contribution in [3.63, 3.8) is 0 Å². The summed E-state index contributed by atoms with van der Waals surface area (Å²) in [4.78, 5) is 0. The molecule has 0 amide bonds. The number of hydrogen-bond acceptors (Lipinski definition) is 4. The highest BCUT2D eigenvalue weighted by Crippen LogP contribution is 2.23. The van der Waals surface area contributed by atoms with Gasteiger partial charge in [-0.25, -0.2) is 8.42 Å². The summed E-state index contributed by atoms with van der Waals surface area (Å²) >= 11 is 0. The van der Waals surface area contributed by atoms with Crippen LogP contribution in [-0.2, 0) is 14.8 Å². The fourth-order valence-electron chi connectivity index (χ4n) is 2.28. The number of nitrogens with zero attached hydrogens (tertiary/aromatic N) is 1. The zero-order valence-corrected chi connectivity index (χ0v) is 11.3. The molecule has 0 radical (unpaired) electrons. The molecule has 0 bridgehead atoms. The SMILES string of the molecule is COCCCS(=O)(=O)N1CCCCC1CCO. The van der Waals surface area contributed by atoms with E-state index in [1.54, 1.807) is 11.4 Å². The standard InChI is InChI=1S/C11H23NO4S/c1-16-9-4-10-17(14,15)12-7-3-2-5-11(12)6-8-13/h11,13H,2-10H2,1H3. The number of ether oxygens (including phenoxy) is 1. The summed E-state index contributed by atoms with van der Waals surface area (Å²) < 4.78 is 30.7. The van der Waals surface area contributed by atoms with Crippen LogP contribution in [0.25, 0.3) is 0 Å². The molecule has 1 saturated heterocycles. The smallest absolute Gasteiger partial charge is 0.214 e. The Bertz CT molecular complexity index is 303. The van der Waals surface area contributed by atoms with Gasteiger partial charge in [0.1, 0.15) is 0 Å². The highest BCUT2D eigenvalue weighted by molar-refractivity contribution is 7.89. The van der Waals surface area contributed by atoms with Crippen LogP contribution in [0.3, 0.4) is 0 Å². The van der Waals surface area contributed by atoms with Crippen molar-refractivity contribution in [2.75, 3.05) is 32.6 Å². The van der Waals surface area contributed by atoms with Crippen LogP contribution in [0.5, 0.6) is 0 Å². The molecule has 1 unspecified atom stereocenters. The monoisotopic (exact) mass is 265 g/mol. The molecule has 17 heavy (non-hydrogen) atoms. The maximum Gasteiger partial charge on any atom is 0.214 e. The van der Waals surface area contributed by atoms with E-state index in [9.17, 15) is 8.42 Å². The Labute approximate surface area is 104 Å². The normalized spacial score (nSPS) is 22.8. The molecule has 0 aromatic heterocycles. The van der Waals surface area contributed by atoms with E-state index in [-0.39, 0.29) is 18.4 Å². The summed E-state index contributed by atoms with van der Waals surface area (Å²) in [5, 5.41) is 8.97. The van der Waals surface area contributed by atoms with Crippen molar-refractivity contribution in [2.45, 2.75) is 38.1 Å². The van der Waals surface area contributed by atoms with Crippen LogP contribution >= 0.6 is 0 Å². The first-order chi connectivity index (χ1) is 8.11. The Hall–Kier alpha value is -0.170. The topological polar surface area (TPSA) is 66.8 Å². The molecule has 1 fully saturated rings. The van der Waals surface area contributed by atoms with Gasteiger partial charge in [-0.3, -0.25) is 0 Å². The van der Waals surface area contributed by atoms with E-state index < -0.39 is 10.0 Å². The van der Waals surface area contributed by atoms with Crippen molar-refractivity contribution in [3.05, 3.63) is 0 Å². The van der Waals surface area contributed by atoms with Crippen molar-refractivity contribution < 1.29 is 18.3 Å². The molecule has 1 rings (SSSR count). The molecule has 5 nitrogen and oxygen atoms in total. The summed E-state index contributed by atoms with van der Waals surface area (Å²) in [5.41, 5.74) is 0. The Morgan fingerprint density at radius 3 is 2.82 bits per heavy atom. The number of sulfonamides is 1. The van der Waals surface area contributed by atoms with Crippen LogP contribution in [0.4, 0.5) is 0 Å². The molecule has 1 N–H and O–H groups in total. The lowest BCUT2D eigenvalue weighted by atomic mass is 10.0. The summed E-state index contributed by atoms with van der Waals surface area (Å²) in [6.45, 7) is 1.12. The molecule has 0 aromatic carbocycles. The largest absolute Gasteiger partial charge is 0.396 e. The van der Waals surface area contributed by atoms with E-state index in [2.05, 4.69) is 0 Å². The van der Waals surface area contributed by atoms with Gasteiger partial charge in [-0.2, -0.15) is 4.31 Å². The van der Waals surface area contributed by atoms with Gasteiger partial charge in [0.25, 0.3) is 0 Å². The highest BCUT2D eigenvalue weighted by atomic mass is 32.2. The van der Waals surface area contributed by atoms with Crippen molar-refractivity contribution in [3.8, 4) is 0 Å². The van der Waals surface area contributed by atoms with Gasteiger partial charge in [-0.05, 0) is 25.7 Å². The van der Waals surface area contributed by atoms with Gasteiger partial charge in [-0.15, -0.1) is 0 Å². The highest BCUT2D eigenvalue weighted by Gasteiger charge is 2.31. The molecular weight excluding hydrogens is 242 g/mol. The minimum Gasteiger partial charge on any atom is -0.396 e. The fraction of sp³-hybridized carbons (Fsp3) is 1.00. The number of aliphatic hydroxyl groups excluding tert-OH is 1. The number of aliphatic hydroxyl groups is 1. The third-order valence-electron chi connectivity index (χ3n) is 3.14. The average Bonchev–Trinajstić information content (AvgIpc) is 2.30.